The van der Waals surface area contributed by atoms with Gasteiger partial charge in [-0.3, -0.25) is 4.79 Å². The van der Waals surface area contributed by atoms with Gasteiger partial charge in [0.1, 0.15) is 24.4 Å². The normalized spacial score (nSPS) is 19.3. The Hall–Kier alpha value is -1.85. The average Bonchev–Trinajstić information content (AvgIpc) is 3.40. The summed E-state index contributed by atoms with van der Waals surface area (Å²) in [6.45, 7) is 3.80. The number of aliphatic hydroxyl groups is 5. The molecule has 1 heterocycles. The first kappa shape index (κ1) is 70.2. The predicted molar refractivity (Wildman–Crippen MR) is 313 cm³/mol. The molecule has 7 atom stereocenters. The van der Waals surface area contributed by atoms with E-state index in [1.807, 2.05) is 6.08 Å². The second kappa shape index (κ2) is 54.5. The van der Waals surface area contributed by atoms with Gasteiger partial charge in [0.15, 0.2) is 6.29 Å². The molecular weight excluding hydrogens is 923 g/mol. The second-order valence-electron chi connectivity index (χ2n) is 22.2. The van der Waals surface area contributed by atoms with E-state index in [0.717, 1.165) is 44.9 Å². The Labute approximate surface area is 456 Å². The second-order valence-corrected chi connectivity index (χ2v) is 22.2. The van der Waals surface area contributed by atoms with Gasteiger partial charge in [0.25, 0.3) is 0 Å². The lowest BCUT2D eigenvalue weighted by molar-refractivity contribution is -0.302. The first-order valence-corrected chi connectivity index (χ1v) is 31.9. The quantitative estimate of drug-likeness (QED) is 0.0261. The number of unbranched alkanes of at least 4 members (excludes halogenated alkanes) is 39. The standard InChI is InChI=1S/C65H121NO8/c1-3-5-7-9-11-13-15-17-19-21-23-25-27-29-30-31-33-35-37-39-41-43-45-47-49-51-53-55-61(69)66-58(57-73-65-64(72)63(71)62(70)60(56-67)74-65)59(68)54-52-50-48-46-44-42-40-38-36-34-32-28-26-24-22-20-18-16-14-12-10-8-6-4-2/h23,25,29-30,44,46,52,54,58-60,62-65,67-68,70-72H,3-22,24,26-28,31-43,45,47-51,53,55-57H2,1-2H3,(H,66,69)/b25-23-,30-29-,46-44+,54-52+. The number of allylic oxidation sites excluding steroid dienone is 7. The Morgan fingerprint density at radius 3 is 1.22 bits per heavy atom. The van der Waals surface area contributed by atoms with Crippen LogP contribution >= 0.6 is 0 Å². The number of nitrogens with one attached hydrogen (secondary N) is 1. The fourth-order valence-corrected chi connectivity index (χ4v) is 10.1. The first-order valence-electron chi connectivity index (χ1n) is 31.9. The molecule has 74 heavy (non-hydrogen) atoms. The lowest BCUT2D eigenvalue weighted by Crippen LogP contribution is -2.60. The van der Waals surface area contributed by atoms with Crippen LogP contribution in [0.2, 0.25) is 0 Å². The van der Waals surface area contributed by atoms with Gasteiger partial charge in [-0.1, -0.05) is 281 Å². The molecule has 1 aliphatic heterocycles. The highest BCUT2D eigenvalue weighted by molar-refractivity contribution is 5.76. The zero-order valence-corrected chi connectivity index (χ0v) is 48.4. The minimum atomic E-state index is -1.57. The average molecular weight is 1040 g/mol. The third kappa shape index (κ3) is 43.2. The fraction of sp³-hybridized carbons (Fsp3) is 0.862. The van der Waals surface area contributed by atoms with Crippen molar-refractivity contribution < 1.29 is 39.8 Å². The van der Waals surface area contributed by atoms with Gasteiger partial charge in [-0.25, -0.2) is 0 Å². The van der Waals surface area contributed by atoms with Crippen LogP contribution in [0.5, 0.6) is 0 Å². The lowest BCUT2D eigenvalue weighted by atomic mass is 9.99. The van der Waals surface area contributed by atoms with E-state index in [1.54, 1.807) is 6.08 Å². The molecule has 6 N–H and O–H groups in total. The van der Waals surface area contributed by atoms with E-state index in [9.17, 15) is 30.3 Å². The fourth-order valence-electron chi connectivity index (χ4n) is 10.1. The number of rotatable bonds is 55. The van der Waals surface area contributed by atoms with Gasteiger partial charge in [-0.15, -0.1) is 0 Å². The van der Waals surface area contributed by atoms with E-state index in [1.165, 1.54) is 238 Å². The number of ether oxygens (including phenoxy) is 2. The molecule has 1 rings (SSSR count). The summed E-state index contributed by atoms with van der Waals surface area (Å²) in [5, 5.41) is 54.6. The van der Waals surface area contributed by atoms with Crippen molar-refractivity contribution in [3.63, 3.8) is 0 Å². The third-order valence-corrected chi connectivity index (χ3v) is 15.1. The number of carbonyl (C=O) groups excluding carboxylic acids is 1. The van der Waals surface area contributed by atoms with Gasteiger partial charge >= 0.3 is 0 Å². The van der Waals surface area contributed by atoms with E-state index >= 15 is 0 Å². The summed E-state index contributed by atoms with van der Waals surface area (Å²) in [6, 6.07) is -0.825. The molecule has 0 saturated carbocycles. The molecule has 7 unspecified atom stereocenters. The van der Waals surface area contributed by atoms with Gasteiger partial charge < -0.3 is 40.3 Å². The molecule has 1 aliphatic rings. The Kier molecular flexibility index (Phi) is 51.7. The monoisotopic (exact) mass is 1040 g/mol. The Bertz CT molecular complexity index is 1300. The minimum Gasteiger partial charge on any atom is -0.394 e. The first-order chi connectivity index (χ1) is 36.3. The van der Waals surface area contributed by atoms with Crippen LogP contribution in [0.15, 0.2) is 48.6 Å². The molecule has 0 aliphatic carbocycles. The van der Waals surface area contributed by atoms with E-state index in [-0.39, 0.29) is 12.5 Å². The molecule has 9 heteroatoms. The van der Waals surface area contributed by atoms with Gasteiger partial charge in [0.2, 0.25) is 5.91 Å². The molecule has 1 amide bonds. The minimum absolute atomic E-state index is 0.186. The maximum absolute atomic E-state index is 13.1. The van der Waals surface area contributed by atoms with Crippen LogP contribution < -0.4 is 5.32 Å². The highest BCUT2D eigenvalue weighted by Crippen LogP contribution is 2.23. The number of carbonyl (C=O) groups is 1. The molecule has 434 valence electrons. The highest BCUT2D eigenvalue weighted by Gasteiger charge is 2.44. The summed E-state index contributed by atoms with van der Waals surface area (Å²) in [5.41, 5.74) is 0. The van der Waals surface area contributed by atoms with Gasteiger partial charge in [0, 0.05) is 6.42 Å². The van der Waals surface area contributed by atoms with E-state index in [2.05, 4.69) is 55.6 Å². The summed E-state index contributed by atoms with van der Waals surface area (Å²) in [6.07, 6.45) is 66.2. The van der Waals surface area contributed by atoms with Crippen molar-refractivity contribution >= 4 is 5.91 Å². The van der Waals surface area contributed by atoms with E-state index < -0.39 is 49.5 Å². The smallest absolute Gasteiger partial charge is 0.220 e. The Morgan fingerprint density at radius 2 is 0.811 bits per heavy atom. The Morgan fingerprint density at radius 1 is 0.459 bits per heavy atom. The highest BCUT2D eigenvalue weighted by atomic mass is 16.7. The van der Waals surface area contributed by atoms with Crippen molar-refractivity contribution in [2.75, 3.05) is 13.2 Å². The summed E-state index contributed by atoms with van der Waals surface area (Å²) in [7, 11) is 0. The maximum Gasteiger partial charge on any atom is 0.220 e. The van der Waals surface area contributed by atoms with Crippen molar-refractivity contribution in [3.05, 3.63) is 48.6 Å². The molecule has 9 nitrogen and oxygen atoms in total. The zero-order valence-electron chi connectivity index (χ0n) is 48.4. The topological polar surface area (TPSA) is 149 Å². The van der Waals surface area contributed by atoms with Crippen LogP contribution in [0.4, 0.5) is 0 Å². The summed E-state index contributed by atoms with van der Waals surface area (Å²) in [4.78, 5) is 13.1. The molecule has 0 radical (unpaired) electrons. The van der Waals surface area contributed by atoms with Gasteiger partial charge in [-0.05, 0) is 64.2 Å². The molecule has 1 saturated heterocycles. The SMILES string of the molecule is CCCCCCCCCCC/C=C\C/C=C\CCCCCCCCCCCCCC(=O)NC(COC1OC(CO)C(O)C(O)C1O)C(O)/C=C/CC/C=C/CCCCCCCCCCCCCCCCCCCC. The summed E-state index contributed by atoms with van der Waals surface area (Å²) in [5.74, 6) is -0.186. The third-order valence-electron chi connectivity index (χ3n) is 15.1. The van der Waals surface area contributed by atoms with Gasteiger partial charge in [-0.2, -0.15) is 0 Å². The van der Waals surface area contributed by atoms with E-state index in [4.69, 9.17) is 9.47 Å². The largest absolute Gasteiger partial charge is 0.394 e. The summed E-state index contributed by atoms with van der Waals surface area (Å²) >= 11 is 0. The molecule has 0 spiro atoms. The molecule has 0 aromatic rings. The zero-order chi connectivity index (χ0) is 53.6. The van der Waals surface area contributed by atoms with Crippen molar-refractivity contribution in [3.8, 4) is 0 Å². The van der Waals surface area contributed by atoms with Crippen LogP contribution in [0, 0.1) is 0 Å². The Balaban J connectivity index is 2.21. The molecule has 0 aromatic carbocycles. The lowest BCUT2D eigenvalue weighted by Gasteiger charge is -2.40. The molecule has 0 aromatic heterocycles. The van der Waals surface area contributed by atoms with E-state index in [0.29, 0.717) is 6.42 Å². The van der Waals surface area contributed by atoms with Crippen molar-refractivity contribution in [1.29, 1.82) is 0 Å². The van der Waals surface area contributed by atoms with Gasteiger partial charge in [0.05, 0.1) is 25.4 Å². The molecular formula is C65H121NO8. The molecule has 0 bridgehead atoms. The van der Waals surface area contributed by atoms with Crippen molar-refractivity contribution in [1.82, 2.24) is 5.32 Å². The number of hydrogen-bond acceptors (Lipinski definition) is 8. The van der Waals surface area contributed by atoms with Crippen LogP contribution in [0.25, 0.3) is 0 Å². The van der Waals surface area contributed by atoms with Crippen LogP contribution in [-0.2, 0) is 14.3 Å². The maximum atomic E-state index is 13.1. The van der Waals surface area contributed by atoms with Crippen LogP contribution in [0.1, 0.15) is 303 Å². The van der Waals surface area contributed by atoms with Crippen LogP contribution in [0.3, 0.4) is 0 Å². The van der Waals surface area contributed by atoms with Crippen molar-refractivity contribution in [2.45, 2.75) is 346 Å². The van der Waals surface area contributed by atoms with Crippen molar-refractivity contribution in [2.24, 2.45) is 0 Å². The molecule has 1 fully saturated rings. The number of amides is 1. The number of aliphatic hydroxyl groups excluding tert-OH is 5. The number of hydrogen-bond donors (Lipinski definition) is 6. The predicted octanol–water partition coefficient (Wildman–Crippen LogP) is 16.5. The summed E-state index contributed by atoms with van der Waals surface area (Å²) < 4.78 is 11.3. The van der Waals surface area contributed by atoms with Crippen LogP contribution in [-0.4, -0.2) is 87.5 Å².